The van der Waals surface area contributed by atoms with Crippen molar-refractivity contribution in [3.63, 3.8) is 0 Å². The molecule has 0 aliphatic carbocycles. The van der Waals surface area contributed by atoms with E-state index in [-0.39, 0.29) is 0 Å². The van der Waals surface area contributed by atoms with Crippen LogP contribution in [0.1, 0.15) is 5.56 Å². The number of nitrogens with zero attached hydrogens (tertiary/aromatic N) is 2. The molecule has 2 aromatic heterocycles. The fourth-order valence-electron chi connectivity index (χ4n) is 2.49. The van der Waals surface area contributed by atoms with E-state index in [0.717, 1.165) is 21.8 Å². The normalized spacial score (nSPS) is 11.0. The molecule has 2 aromatic carbocycles. The number of aromatic nitrogens is 2. The van der Waals surface area contributed by atoms with Gasteiger partial charge in [-0.25, -0.2) is 0 Å². The molecular weight excluding hydrogens is 308 g/mol. The number of methoxy groups -OCH3 is 1. The zero-order chi connectivity index (χ0) is 15.8. The molecule has 2 heterocycles. The van der Waals surface area contributed by atoms with Crippen LogP contribution in [0.15, 0.2) is 53.1 Å². The van der Waals surface area contributed by atoms with E-state index in [0.29, 0.717) is 11.7 Å². The second-order valence-corrected chi connectivity index (χ2v) is 6.34. The van der Waals surface area contributed by atoms with Gasteiger partial charge in [-0.1, -0.05) is 35.5 Å². The monoisotopic (exact) mass is 322 g/mol. The molecule has 0 N–H and O–H groups in total. The molecule has 5 heteroatoms. The van der Waals surface area contributed by atoms with Crippen LogP contribution in [0.2, 0.25) is 0 Å². The van der Waals surface area contributed by atoms with Crippen molar-refractivity contribution < 1.29 is 9.26 Å². The third kappa shape index (κ3) is 2.49. The number of hydrogen-bond acceptors (Lipinski definition) is 5. The number of thiophene rings is 1. The molecule has 0 aliphatic heterocycles. The first-order chi connectivity index (χ1) is 11.2. The summed E-state index contributed by atoms with van der Waals surface area (Å²) in [5.74, 6) is 1.92. The summed E-state index contributed by atoms with van der Waals surface area (Å²) in [6.45, 7) is 2.00. The molecule has 0 radical (unpaired) electrons. The topological polar surface area (TPSA) is 48.2 Å². The molecule has 4 aromatic rings. The van der Waals surface area contributed by atoms with Crippen LogP contribution in [0.5, 0.6) is 5.75 Å². The second-order valence-electron chi connectivity index (χ2n) is 5.26. The van der Waals surface area contributed by atoms with Crippen LogP contribution in [-0.2, 0) is 0 Å². The van der Waals surface area contributed by atoms with E-state index >= 15 is 0 Å². The molecule has 0 atom stereocenters. The van der Waals surface area contributed by atoms with Gasteiger partial charge < -0.3 is 9.26 Å². The molecule has 23 heavy (non-hydrogen) atoms. The maximum Gasteiger partial charge on any atom is 0.268 e. The van der Waals surface area contributed by atoms with Gasteiger partial charge >= 0.3 is 0 Å². The molecule has 0 bridgehead atoms. The Labute approximate surface area is 137 Å². The van der Waals surface area contributed by atoms with E-state index in [1.54, 1.807) is 18.4 Å². The van der Waals surface area contributed by atoms with Crippen molar-refractivity contribution in [1.82, 2.24) is 10.1 Å². The number of fused-ring (bicyclic) bond motifs is 1. The van der Waals surface area contributed by atoms with Crippen molar-refractivity contribution in [3.8, 4) is 27.9 Å². The van der Waals surface area contributed by atoms with Gasteiger partial charge in [-0.15, -0.1) is 11.3 Å². The number of ether oxygens (including phenoxy) is 1. The molecule has 0 fully saturated rings. The van der Waals surface area contributed by atoms with Gasteiger partial charge in [0.2, 0.25) is 5.82 Å². The molecule has 4 rings (SSSR count). The summed E-state index contributed by atoms with van der Waals surface area (Å²) in [6, 6.07) is 16.2. The van der Waals surface area contributed by atoms with Crippen molar-refractivity contribution in [2.75, 3.05) is 7.11 Å². The zero-order valence-electron chi connectivity index (χ0n) is 12.7. The van der Waals surface area contributed by atoms with E-state index in [1.807, 2.05) is 37.3 Å². The van der Waals surface area contributed by atoms with Gasteiger partial charge in [0.15, 0.2) is 0 Å². The molecule has 0 spiro atoms. The van der Waals surface area contributed by atoms with Crippen LogP contribution < -0.4 is 4.74 Å². The highest BCUT2D eigenvalue weighted by Crippen LogP contribution is 2.33. The van der Waals surface area contributed by atoms with Crippen LogP contribution >= 0.6 is 11.3 Å². The largest absolute Gasteiger partial charge is 0.496 e. The lowest BCUT2D eigenvalue weighted by Crippen LogP contribution is -1.88. The Bertz CT molecular complexity index is 955. The fraction of sp³-hybridized carbons (Fsp3) is 0.111. The average Bonchev–Trinajstić information content (AvgIpc) is 3.21. The smallest absolute Gasteiger partial charge is 0.268 e. The summed E-state index contributed by atoms with van der Waals surface area (Å²) in [4.78, 5) is 5.50. The summed E-state index contributed by atoms with van der Waals surface area (Å²) in [5.41, 5.74) is 1.95. The Morgan fingerprint density at radius 2 is 1.96 bits per heavy atom. The molecule has 114 valence electrons. The first kappa shape index (κ1) is 14.0. The minimum absolute atomic E-state index is 0.542. The zero-order valence-corrected chi connectivity index (χ0v) is 13.6. The van der Waals surface area contributed by atoms with E-state index in [4.69, 9.17) is 9.26 Å². The predicted octanol–water partition coefficient (Wildman–Crippen LogP) is 4.94. The quantitative estimate of drug-likeness (QED) is 0.536. The second kappa shape index (κ2) is 5.52. The lowest BCUT2D eigenvalue weighted by molar-refractivity contribution is 0.411. The summed E-state index contributed by atoms with van der Waals surface area (Å²) in [6.07, 6.45) is 0. The van der Waals surface area contributed by atoms with Crippen LogP contribution in [0.3, 0.4) is 0 Å². The molecule has 0 amide bonds. The Balaban J connectivity index is 1.74. The Hall–Kier alpha value is -2.66. The standard InChI is InChI=1S/C18H14N2O2S/c1-11-7-8-13(9-14(11)21-2)17-19-18(22-20-17)16-10-12-5-3-4-6-15(12)23-16/h3-10H,1-2H3. The lowest BCUT2D eigenvalue weighted by Gasteiger charge is -2.04. The SMILES string of the molecule is COc1cc(-c2noc(-c3cc4ccccc4s3)n2)ccc1C. The summed E-state index contributed by atoms with van der Waals surface area (Å²) in [5, 5.41) is 5.29. The lowest BCUT2D eigenvalue weighted by atomic mass is 10.1. The van der Waals surface area contributed by atoms with Crippen molar-refractivity contribution >= 4 is 21.4 Å². The highest BCUT2D eigenvalue weighted by atomic mass is 32.1. The van der Waals surface area contributed by atoms with Crippen LogP contribution in [0.25, 0.3) is 32.2 Å². The maximum atomic E-state index is 5.45. The van der Waals surface area contributed by atoms with Crippen LogP contribution in [0, 0.1) is 6.92 Å². The van der Waals surface area contributed by atoms with Gasteiger partial charge in [-0.2, -0.15) is 4.98 Å². The van der Waals surface area contributed by atoms with Gasteiger partial charge in [0.1, 0.15) is 5.75 Å². The molecule has 0 unspecified atom stereocenters. The maximum absolute atomic E-state index is 5.45. The molecular formula is C18H14N2O2S. The molecule has 0 aliphatic rings. The van der Waals surface area contributed by atoms with Gasteiger partial charge in [0, 0.05) is 10.3 Å². The number of rotatable bonds is 3. The molecule has 0 saturated heterocycles. The van der Waals surface area contributed by atoms with Gasteiger partial charge in [0.25, 0.3) is 5.89 Å². The first-order valence-corrected chi connectivity index (χ1v) is 8.04. The van der Waals surface area contributed by atoms with E-state index < -0.39 is 0 Å². The van der Waals surface area contributed by atoms with E-state index in [1.165, 1.54) is 10.1 Å². The van der Waals surface area contributed by atoms with E-state index in [9.17, 15) is 0 Å². The van der Waals surface area contributed by atoms with Crippen LogP contribution in [-0.4, -0.2) is 17.3 Å². The van der Waals surface area contributed by atoms with E-state index in [2.05, 4.69) is 28.3 Å². The highest BCUT2D eigenvalue weighted by molar-refractivity contribution is 7.22. The first-order valence-electron chi connectivity index (χ1n) is 7.22. The van der Waals surface area contributed by atoms with Gasteiger partial charge in [-0.05, 0) is 36.1 Å². The van der Waals surface area contributed by atoms with Crippen molar-refractivity contribution in [3.05, 3.63) is 54.1 Å². The highest BCUT2D eigenvalue weighted by Gasteiger charge is 2.14. The van der Waals surface area contributed by atoms with Crippen molar-refractivity contribution in [1.29, 1.82) is 0 Å². The number of benzene rings is 2. The average molecular weight is 322 g/mol. The summed E-state index contributed by atoms with van der Waals surface area (Å²) >= 11 is 1.65. The molecule has 4 nitrogen and oxygen atoms in total. The third-order valence-corrected chi connectivity index (χ3v) is 4.83. The summed E-state index contributed by atoms with van der Waals surface area (Å²) in [7, 11) is 1.66. The number of hydrogen-bond donors (Lipinski definition) is 0. The Morgan fingerprint density at radius 3 is 2.78 bits per heavy atom. The Morgan fingerprint density at radius 1 is 1.09 bits per heavy atom. The number of aryl methyl sites for hydroxylation is 1. The fourth-order valence-corrected chi connectivity index (χ4v) is 3.47. The molecule has 0 saturated carbocycles. The minimum atomic E-state index is 0.542. The van der Waals surface area contributed by atoms with Crippen LogP contribution in [0.4, 0.5) is 0 Å². The third-order valence-electron chi connectivity index (χ3n) is 3.73. The summed E-state index contributed by atoms with van der Waals surface area (Å²) < 4.78 is 12.0. The minimum Gasteiger partial charge on any atom is -0.496 e. The van der Waals surface area contributed by atoms with Crippen molar-refractivity contribution in [2.24, 2.45) is 0 Å². The van der Waals surface area contributed by atoms with Crippen molar-refractivity contribution in [2.45, 2.75) is 6.92 Å². The van der Waals surface area contributed by atoms with Gasteiger partial charge in [0.05, 0.1) is 12.0 Å². The Kier molecular flexibility index (Phi) is 3.35. The van der Waals surface area contributed by atoms with Gasteiger partial charge in [-0.3, -0.25) is 0 Å². The predicted molar refractivity (Wildman–Crippen MR) is 91.8 cm³/mol.